The Morgan fingerprint density at radius 3 is 2.25 bits per heavy atom. The summed E-state index contributed by atoms with van der Waals surface area (Å²) in [7, 11) is 0. The zero-order valence-electron chi connectivity index (χ0n) is 9.70. The van der Waals surface area contributed by atoms with Crippen molar-refractivity contribution in [2.45, 2.75) is 38.7 Å². The van der Waals surface area contributed by atoms with Crippen LogP contribution in [0.3, 0.4) is 0 Å². The van der Waals surface area contributed by atoms with Gasteiger partial charge < -0.3 is 5.11 Å². The molecule has 0 spiro atoms. The fourth-order valence-corrected chi connectivity index (χ4v) is 2.80. The summed E-state index contributed by atoms with van der Waals surface area (Å²) < 4.78 is 1.07. The Kier molecular flexibility index (Phi) is 4.04. The van der Waals surface area contributed by atoms with Crippen LogP contribution in [0.2, 0.25) is 0 Å². The number of benzene rings is 1. The molecular formula is C14H19BrO. The lowest BCUT2D eigenvalue weighted by atomic mass is 9.78. The summed E-state index contributed by atoms with van der Waals surface area (Å²) in [5.41, 5.74) is 1.06. The molecule has 0 amide bonds. The van der Waals surface area contributed by atoms with Crippen LogP contribution in [-0.4, -0.2) is 5.11 Å². The molecule has 0 saturated heterocycles. The lowest BCUT2D eigenvalue weighted by molar-refractivity contribution is 0.0755. The van der Waals surface area contributed by atoms with Crippen LogP contribution in [0.15, 0.2) is 28.7 Å². The first-order valence-corrected chi connectivity index (χ1v) is 6.89. The molecule has 2 heteroatoms. The van der Waals surface area contributed by atoms with Gasteiger partial charge in [-0.05, 0) is 42.4 Å². The van der Waals surface area contributed by atoms with E-state index in [4.69, 9.17) is 0 Å². The summed E-state index contributed by atoms with van der Waals surface area (Å²) in [5, 5.41) is 10.3. The Bertz CT molecular complexity index is 325. The summed E-state index contributed by atoms with van der Waals surface area (Å²) >= 11 is 3.42. The van der Waals surface area contributed by atoms with E-state index in [1.54, 1.807) is 0 Å². The maximum atomic E-state index is 10.3. The standard InChI is InChI=1S/C14H19BrO/c1-10-2-4-11(5-3-10)14(16)12-6-8-13(15)9-7-12/h6-11,14,16H,2-5H2,1H3. The zero-order valence-corrected chi connectivity index (χ0v) is 11.3. The van der Waals surface area contributed by atoms with Gasteiger partial charge in [0.15, 0.2) is 0 Å². The van der Waals surface area contributed by atoms with Crippen molar-refractivity contribution in [2.75, 3.05) is 0 Å². The molecule has 1 aromatic carbocycles. The van der Waals surface area contributed by atoms with Gasteiger partial charge in [0.05, 0.1) is 6.10 Å². The first-order valence-electron chi connectivity index (χ1n) is 6.10. The van der Waals surface area contributed by atoms with Gasteiger partial charge in [-0.3, -0.25) is 0 Å². The molecule has 1 fully saturated rings. The van der Waals surface area contributed by atoms with E-state index in [0.717, 1.165) is 16.0 Å². The van der Waals surface area contributed by atoms with Gasteiger partial charge in [0.25, 0.3) is 0 Å². The van der Waals surface area contributed by atoms with Crippen molar-refractivity contribution in [3.05, 3.63) is 34.3 Å². The van der Waals surface area contributed by atoms with Gasteiger partial charge in [0, 0.05) is 4.47 Å². The molecule has 2 rings (SSSR count). The SMILES string of the molecule is CC1CCC(C(O)c2ccc(Br)cc2)CC1. The average Bonchev–Trinajstić information content (AvgIpc) is 2.30. The van der Waals surface area contributed by atoms with Crippen LogP contribution >= 0.6 is 15.9 Å². The summed E-state index contributed by atoms with van der Waals surface area (Å²) in [6.45, 7) is 2.31. The molecule has 1 saturated carbocycles. The van der Waals surface area contributed by atoms with Crippen molar-refractivity contribution in [1.29, 1.82) is 0 Å². The minimum Gasteiger partial charge on any atom is -0.388 e. The van der Waals surface area contributed by atoms with E-state index < -0.39 is 0 Å². The van der Waals surface area contributed by atoms with E-state index in [-0.39, 0.29) is 6.10 Å². The number of hydrogen-bond acceptors (Lipinski definition) is 1. The number of aliphatic hydroxyl groups excluding tert-OH is 1. The van der Waals surface area contributed by atoms with Gasteiger partial charge in [-0.2, -0.15) is 0 Å². The van der Waals surface area contributed by atoms with Crippen LogP contribution in [0, 0.1) is 11.8 Å². The maximum absolute atomic E-state index is 10.3. The molecule has 1 unspecified atom stereocenters. The van der Waals surface area contributed by atoms with E-state index in [2.05, 4.69) is 22.9 Å². The van der Waals surface area contributed by atoms with Crippen molar-refractivity contribution in [3.8, 4) is 0 Å². The Hall–Kier alpha value is -0.340. The van der Waals surface area contributed by atoms with E-state index in [9.17, 15) is 5.11 Å². The molecule has 1 aliphatic rings. The normalized spacial score (nSPS) is 27.7. The third-order valence-corrected chi connectivity index (χ3v) is 4.25. The summed E-state index contributed by atoms with van der Waals surface area (Å²) in [4.78, 5) is 0. The molecule has 0 aromatic heterocycles. The minimum absolute atomic E-state index is 0.277. The van der Waals surface area contributed by atoms with Gasteiger partial charge >= 0.3 is 0 Å². The van der Waals surface area contributed by atoms with Gasteiger partial charge in [0.2, 0.25) is 0 Å². The number of aliphatic hydroxyl groups is 1. The number of rotatable bonds is 2. The molecule has 1 atom stereocenters. The van der Waals surface area contributed by atoms with Crippen molar-refractivity contribution in [2.24, 2.45) is 11.8 Å². The van der Waals surface area contributed by atoms with Crippen molar-refractivity contribution in [3.63, 3.8) is 0 Å². The Morgan fingerprint density at radius 1 is 1.12 bits per heavy atom. The lowest BCUT2D eigenvalue weighted by Crippen LogP contribution is -2.19. The van der Waals surface area contributed by atoms with Crippen molar-refractivity contribution < 1.29 is 5.11 Å². The van der Waals surface area contributed by atoms with Gasteiger partial charge in [-0.25, -0.2) is 0 Å². The topological polar surface area (TPSA) is 20.2 Å². The van der Waals surface area contributed by atoms with Gasteiger partial charge in [-0.15, -0.1) is 0 Å². The highest BCUT2D eigenvalue weighted by atomic mass is 79.9. The third-order valence-electron chi connectivity index (χ3n) is 3.72. The van der Waals surface area contributed by atoms with Gasteiger partial charge in [-0.1, -0.05) is 47.8 Å². The molecule has 0 bridgehead atoms. The Balaban J connectivity index is 2.01. The van der Waals surface area contributed by atoms with E-state index in [1.165, 1.54) is 25.7 Å². The summed E-state index contributed by atoms with van der Waals surface area (Å²) in [5.74, 6) is 1.30. The molecule has 1 aliphatic carbocycles. The molecule has 1 nitrogen and oxygen atoms in total. The van der Waals surface area contributed by atoms with E-state index in [0.29, 0.717) is 5.92 Å². The predicted molar refractivity (Wildman–Crippen MR) is 70.2 cm³/mol. The molecule has 0 heterocycles. The summed E-state index contributed by atoms with van der Waals surface area (Å²) in [6.07, 6.45) is 4.58. The third kappa shape index (κ3) is 2.86. The Labute approximate surface area is 106 Å². The van der Waals surface area contributed by atoms with Crippen LogP contribution in [0.1, 0.15) is 44.3 Å². The van der Waals surface area contributed by atoms with Crippen LogP contribution < -0.4 is 0 Å². The second-order valence-corrected chi connectivity index (χ2v) is 5.93. The van der Waals surface area contributed by atoms with Crippen LogP contribution in [0.25, 0.3) is 0 Å². The largest absolute Gasteiger partial charge is 0.388 e. The smallest absolute Gasteiger partial charge is 0.0818 e. The highest BCUT2D eigenvalue weighted by Crippen LogP contribution is 2.36. The van der Waals surface area contributed by atoms with E-state index in [1.807, 2.05) is 24.3 Å². The fraction of sp³-hybridized carbons (Fsp3) is 0.571. The molecule has 1 aromatic rings. The zero-order chi connectivity index (χ0) is 11.5. The molecule has 0 aliphatic heterocycles. The van der Waals surface area contributed by atoms with Gasteiger partial charge in [0.1, 0.15) is 0 Å². The van der Waals surface area contributed by atoms with Crippen LogP contribution in [0.4, 0.5) is 0 Å². The average molecular weight is 283 g/mol. The van der Waals surface area contributed by atoms with Crippen LogP contribution in [-0.2, 0) is 0 Å². The summed E-state index contributed by atoms with van der Waals surface area (Å²) in [6, 6.07) is 8.05. The van der Waals surface area contributed by atoms with Crippen molar-refractivity contribution in [1.82, 2.24) is 0 Å². The second kappa shape index (κ2) is 5.33. The first kappa shape index (κ1) is 12.1. The number of hydrogen-bond donors (Lipinski definition) is 1. The molecule has 88 valence electrons. The highest BCUT2D eigenvalue weighted by molar-refractivity contribution is 9.10. The predicted octanol–water partition coefficient (Wildman–Crippen LogP) is 4.31. The van der Waals surface area contributed by atoms with Crippen molar-refractivity contribution >= 4 is 15.9 Å². The lowest BCUT2D eigenvalue weighted by Gasteiger charge is -2.30. The van der Waals surface area contributed by atoms with E-state index >= 15 is 0 Å². The quantitative estimate of drug-likeness (QED) is 0.857. The first-order chi connectivity index (χ1) is 7.66. The molecular weight excluding hydrogens is 264 g/mol. The molecule has 1 N–H and O–H groups in total. The molecule has 0 radical (unpaired) electrons. The second-order valence-electron chi connectivity index (χ2n) is 5.02. The van der Waals surface area contributed by atoms with Crippen LogP contribution in [0.5, 0.6) is 0 Å². The number of halogens is 1. The highest BCUT2D eigenvalue weighted by Gasteiger charge is 2.25. The maximum Gasteiger partial charge on any atom is 0.0818 e. The minimum atomic E-state index is -0.277. The Morgan fingerprint density at radius 2 is 1.69 bits per heavy atom. The monoisotopic (exact) mass is 282 g/mol. The fourth-order valence-electron chi connectivity index (χ4n) is 2.53. The molecule has 16 heavy (non-hydrogen) atoms.